The summed E-state index contributed by atoms with van der Waals surface area (Å²) in [4.78, 5) is 38.7. The third-order valence-electron chi connectivity index (χ3n) is 5.22. The Morgan fingerprint density at radius 2 is 1.87 bits per heavy atom. The summed E-state index contributed by atoms with van der Waals surface area (Å²) >= 11 is 2.77. The van der Waals surface area contributed by atoms with Crippen molar-refractivity contribution in [2.24, 2.45) is 0 Å². The molecule has 0 bridgehead atoms. The number of imide groups is 1. The van der Waals surface area contributed by atoms with Gasteiger partial charge in [0.1, 0.15) is 24.8 Å². The van der Waals surface area contributed by atoms with Crippen molar-refractivity contribution in [3.8, 4) is 11.5 Å². The van der Waals surface area contributed by atoms with E-state index in [-0.39, 0.29) is 23.0 Å². The second-order valence-electron chi connectivity index (χ2n) is 7.98. The van der Waals surface area contributed by atoms with Crippen LogP contribution in [0, 0.1) is 15.2 Å². The smallest absolute Gasteiger partial charge is 0.294 e. The molecule has 38 heavy (non-hydrogen) atoms. The average molecular weight is 650 g/mol. The quantitative estimate of drug-likeness (QED) is 0.219. The van der Waals surface area contributed by atoms with Gasteiger partial charge in [-0.1, -0.05) is 24.3 Å². The Morgan fingerprint density at radius 1 is 1.08 bits per heavy atom. The normalized spacial score (nSPS) is 14.2. The van der Waals surface area contributed by atoms with E-state index >= 15 is 0 Å². The second kappa shape index (κ2) is 12.4. The fraction of sp³-hybridized carbons (Fsp3) is 0.148. The highest BCUT2D eigenvalue weighted by Crippen LogP contribution is 2.38. The average Bonchev–Trinajstić information content (AvgIpc) is 3.12. The molecule has 1 saturated heterocycles. The molecule has 3 aromatic carbocycles. The van der Waals surface area contributed by atoms with Crippen LogP contribution >= 0.6 is 34.4 Å². The summed E-state index contributed by atoms with van der Waals surface area (Å²) in [6, 6.07) is 15.1. The summed E-state index contributed by atoms with van der Waals surface area (Å²) < 4.78 is 39.7. The van der Waals surface area contributed by atoms with E-state index in [0.717, 1.165) is 4.90 Å². The number of carbonyl (C=O) groups is 3. The van der Waals surface area contributed by atoms with Gasteiger partial charge < -0.3 is 14.8 Å². The van der Waals surface area contributed by atoms with Crippen molar-refractivity contribution in [1.82, 2.24) is 4.90 Å². The summed E-state index contributed by atoms with van der Waals surface area (Å²) in [5.41, 5.74) is 1.19. The summed E-state index contributed by atoms with van der Waals surface area (Å²) in [5, 5.41) is 1.75. The van der Waals surface area contributed by atoms with Crippen LogP contribution in [0.3, 0.4) is 0 Å². The molecule has 1 fully saturated rings. The van der Waals surface area contributed by atoms with Crippen LogP contribution in [-0.2, 0) is 16.2 Å². The van der Waals surface area contributed by atoms with Gasteiger partial charge in [-0.25, -0.2) is 8.78 Å². The lowest BCUT2D eigenvalue weighted by Gasteiger charge is -2.15. The van der Waals surface area contributed by atoms with Gasteiger partial charge in [-0.15, -0.1) is 0 Å². The summed E-state index contributed by atoms with van der Waals surface area (Å²) in [7, 11) is 0. The molecule has 4 rings (SSSR count). The van der Waals surface area contributed by atoms with Gasteiger partial charge in [0.2, 0.25) is 5.91 Å². The van der Waals surface area contributed by atoms with E-state index in [0.29, 0.717) is 44.6 Å². The Labute approximate surface area is 235 Å². The van der Waals surface area contributed by atoms with Crippen molar-refractivity contribution >= 4 is 63.2 Å². The molecule has 0 aliphatic carbocycles. The Hall–Kier alpha value is -3.45. The fourth-order valence-electron chi connectivity index (χ4n) is 3.54. The zero-order valence-electron chi connectivity index (χ0n) is 20.0. The van der Waals surface area contributed by atoms with Crippen molar-refractivity contribution in [1.29, 1.82) is 0 Å². The van der Waals surface area contributed by atoms with Crippen LogP contribution in [0.4, 0.5) is 19.3 Å². The number of rotatable bonds is 9. The SMILES string of the molecule is CCOc1cc(/C=C2\SC(=O)N(CC(=O)Nc3ccccc3F)C2=O)cc(I)c1OCc1cccc(F)c1. The third-order valence-corrected chi connectivity index (χ3v) is 6.93. The number of nitrogens with zero attached hydrogens (tertiary/aromatic N) is 1. The van der Waals surface area contributed by atoms with Crippen LogP contribution in [0.15, 0.2) is 65.6 Å². The van der Waals surface area contributed by atoms with Gasteiger partial charge in [-0.05, 0) is 94.9 Å². The van der Waals surface area contributed by atoms with E-state index in [9.17, 15) is 23.2 Å². The number of para-hydroxylation sites is 1. The van der Waals surface area contributed by atoms with Gasteiger partial charge >= 0.3 is 0 Å². The molecule has 0 saturated carbocycles. The van der Waals surface area contributed by atoms with Crippen molar-refractivity contribution in [3.05, 3.63) is 91.9 Å². The molecule has 1 N–H and O–H groups in total. The highest BCUT2D eigenvalue weighted by molar-refractivity contribution is 14.1. The molecule has 0 atom stereocenters. The van der Waals surface area contributed by atoms with Crippen LogP contribution in [0.2, 0.25) is 0 Å². The highest BCUT2D eigenvalue weighted by atomic mass is 127. The lowest BCUT2D eigenvalue weighted by molar-refractivity contribution is -0.127. The minimum atomic E-state index is -0.702. The minimum Gasteiger partial charge on any atom is -0.490 e. The molecule has 1 aliphatic heterocycles. The van der Waals surface area contributed by atoms with Gasteiger partial charge in [0, 0.05) is 0 Å². The summed E-state index contributed by atoms with van der Waals surface area (Å²) in [6.07, 6.45) is 1.53. The number of carbonyl (C=O) groups excluding carboxylic acids is 3. The fourth-order valence-corrected chi connectivity index (χ4v) is 5.16. The number of ether oxygens (including phenoxy) is 2. The van der Waals surface area contributed by atoms with Crippen molar-refractivity contribution in [2.75, 3.05) is 18.5 Å². The molecule has 3 aromatic rings. The zero-order valence-corrected chi connectivity index (χ0v) is 23.0. The maximum Gasteiger partial charge on any atom is 0.294 e. The summed E-state index contributed by atoms with van der Waals surface area (Å²) in [5.74, 6) is -1.44. The number of anilines is 1. The molecule has 0 radical (unpaired) electrons. The van der Waals surface area contributed by atoms with Crippen LogP contribution in [-0.4, -0.2) is 35.1 Å². The molecule has 0 unspecified atom stereocenters. The predicted octanol–water partition coefficient (Wildman–Crippen LogP) is 6.22. The van der Waals surface area contributed by atoms with Gasteiger partial charge in [-0.2, -0.15) is 0 Å². The second-order valence-corrected chi connectivity index (χ2v) is 10.1. The van der Waals surface area contributed by atoms with Gasteiger partial charge in [-0.3, -0.25) is 19.3 Å². The van der Waals surface area contributed by atoms with Gasteiger partial charge in [0.25, 0.3) is 11.1 Å². The molecular formula is C27H21F2IN2O5S. The molecule has 1 aliphatic rings. The number of nitrogens with one attached hydrogen (secondary N) is 1. The number of halogens is 3. The Kier molecular flexibility index (Phi) is 9.00. The number of amides is 3. The monoisotopic (exact) mass is 650 g/mol. The maximum absolute atomic E-state index is 13.8. The van der Waals surface area contributed by atoms with Crippen LogP contribution in [0.25, 0.3) is 6.08 Å². The van der Waals surface area contributed by atoms with E-state index in [1.807, 2.05) is 6.92 Å². The molecule has 7 nitrogen and oxygen atoms in total. The lowest BCUT2D eigenvalue weighted by Crippen LogP contribution is -2.36. The molecule has 196 valence electrons. The maximum atomic E-state index is 13.8. The highest BCUT2D eigenvalue weighted by Gasteiger charge is 2.36. The number of thioether (sulfide) groups is 1. The van der Waals surface area contributed by atoms with E-state index in [4.69, 9.17) is 9.47 Å². The topological polar surface area (TPSA) is 84.9 Å². The van der Waals surface area contributed by atoms with Crippen molar-refractivity contribution in [2.45, 2.75) is 13.5 Å². The van der Waals surface area contributed by atoms with Crippen molar-refractivity contribution < 1.29 is 32.6 Å². The molecule has 0 spiro atoms. The number of hydrogen-bond donors (Lipinski definition) is 1. The summed E-state index contributed by atoms with van der Waals surface area (Å²) in [6.45, 7) is 1.74. The standard InChI is InChI=1S/C27H21F2IN2O5S/c1-2-36-22-12-17(11-20(30)25(22)37-15-16-6-5-7-18(28)10-16)13-23-26(34)32(27(35)38-23)14-24(33)31-21-9-4-3-8-19(21)29/h3-13H,2,14-15H2,1H3,(H,31,33)/b23-13-. The van der Waals surface area contributed by atoms with E-state index in [2.05, 4.69) is 27.9 Å². The Bertz CT molecular complexity index is 1430. The molecular weight excluding hydrogens is 629 g/mol. The number of hydrogen-bond acceptors (Lipinski definition) is 6. The Morgan fingerprint density at radius 3 is 2.61 bits per heavy atom. The lowest BCUT2D eigenvalue weighted by atomic mass is 10.1. The van der Waals surface area contributed by atoms with Gasteiger partial charge in [0.05, 0.1) is 20.8 Å². The van der Waals surface area contributed by atoms with E-state index in [1.54, 1.807) is 30.3 Å². The number of benzene rings is 3. The van der Waals surface area contributed by atoms with Crippen molar-refractivity contribution in [3.63, 3.8) is 0 Å². The van der Waals surface area contributed by atoms with Crippen LogP contribution < -0.4 is 14.8 Å². The van der Waals surface area contributed by atoms with E-state index < -0.39 is 29.4 Å². The predicted molar refractivity (Wildman–Crippen MR) is 149 cm³/mol. The van der Waals surface area contributed by atoms with E-state index in [1.165, 1.54) is 36.4 Å². The minimum absolute atomic E-state index is 0.0438. The first kappa shape index (κ1) is 27.6. The third kappa shape index (κ3) is 6.70. The van der Waals surface area contributed by atoms with Crippen LogP contribution in [0.1, 0.15) is 18.1 Å². The van der Waals surface area contributed by atoms with Gasteiger partial charge in [0.15, 0.2) is 11.5 Å². The first-order chi connectivity index (χ1) is 18.2. The first-order valence-corrected chi connectivity index (χ1v) is 13.3. The van der Waals surface area contributed by atoms with Crippen LogP contribution in [0.5, 0.6) is 11.5 Å². The molecule has 1 heterocycles. The first-order valence-electron chi connectivity index (χ1n) is 11.4. The largest absolute Gasteiger partial charge is 0.490 e. The molecule has 11 heteroatoms. The molecule has 0 aromatic heterocycles. The molecule has 3 amide bonds. The zero-order chi connectivity index (χ0) is 27.2. The Balaban J connectivity index is 1.50.